The van der Waals surface area contributed by atoms with Crippen LogP contribution in [0.3, 0.4) is 0 Å². The fraction of sp³-hybridized carbons (Fsp3) is 0.333. The van der Waals surface area contributed by atoms with Crippen LogP contribution in [0.4, 0.5) is 5.82 Å². The van der Waals surface area contributed by atoms with Crippen molar-refractivity contribution in [1.82, 2.24) is 10.3 Å². The van der Waals surface area contributed by atoms with Crippen molar-refractivity contribution in [3.05, 3.63) is 35.9 Å². The second-order valence-corrected chi connectivity index (χ2v) is 4.56. The summed E-state index contributed by atoms with van der Waals surface area (Å²) in [4.78, 5) is 18.2. The smallest absolute Gasteiger partial charge is 0.239 e. The second kappa shape index (κ2) is 6.34. The third-order valence-electron chi connectivity index (χ3n) is 3.29. The van der Waals surface area contributed by atoms with Crippen molar-refractivity contribution in [2.24, 2.45) is 5.73 Å². The Hall–Kier alpha value is -2.14. The van der Waals surface area contributed by atoms with Crippen LogP contribution in [0.2, 0.25) is 0 Å². The van der Waals surface area contributed by atoms with Gasteiger partial charge in [0.15, 0.2) is 0 Å². The second-order valence-electron chi connectivity index (χ2n) is 4.56. The number of carbonyl (C=O) groups is 1. The number of amides is 1. The van der Waals surface area contributed by atoms with Crippen molar-refractivity contribution in [3.8, 4) is 0 Å². The van der Waals surface area contributed by atoms with Gasteiger partial charge in [-0.15, -0.1) is 0 Å². The van der Waals surface area contributed by atoms with Gasteiger partial charge >= 0.3 is 0 Å². The van der Waals surface area contributed by atoms with E-state index in [0.717, 1.165) is 22.3 Å². The molecule has 1 aromatic carbocycles. The fourth-order valence-electron chi connectivity index (χ4n) is 2.16. The molecular weight excluding hydrogens is 252 g/mol. The molecule has 0 aliphatic carbocycles. The molecule has 0 aliphatic heterocycles. The maximum absolute atomic E-state index is 11.6. The van der Waals surface area contributed by atoms with Crippen molar-refractivity contribution >= 4 is 22.6 Å². The summed E-state index contributed by atoms with van der Waals surface area (Å²) in [6.07, 6.45) is 0. The molecule has 1 heterocycles. The molecule has 0 saturated carbocycles. The van der Waals surface area contributed by atoms with Gasteiger partial charge in [-0.25, -0.2) is 4.98 Å². The van der Waals surface area contributed by atoms with Gasteiger partial charge in [0.25, 0.3) is 0 Å². The molecule has 0 saturated heterocycles. The molecule has 0 fully saturated rings. The summed E-state index contributed by atoms with van der Waals surface area (Å²) >= 11 is 0. The van der Waals surface area contributed by atoms with E-state index in [2.05, 4.69) is 10.3 Å². The number of fused-ring (bicyclic) bond motifs is 1. The summed E-state index contributed by atoms with van der Waals surface area (Å²) in [5.41, 5.74) is 7.70. The molecule has 106 valence electrons. The van der Waals surface area contributed by atoms with E-state index in [9.17, 15) is 4.79 Å². The Morgan fingerprint density at radius 3 is 2.80 bits per heavy atom. The van der Waals surface area contributed by atoms with Crippen LogP contribution in [0.15, 0.2) is 30.3 Å². The summed E-state index contributed by atoms with van der Waals surface area (Å²) in [5, 5.41) is 3.70. The first-order chi connectivity index (χ1) is 9.69. The molecule has 20 heavy (non-hydrogen) atoms. The Labute approximate surface area is 118 Å². The van der Waals surface area contributed by atoms with Gasteiger partial charge in [0.2, 0.25) is 5.91 Å². The van der Waals surface area contributed by atoms with Crippen LogP contribution in [-0.4, -0.2) is 31.0 Å². The third-order valence-corrected chi connectivity index (χ3v) is 3.29. The number of anilines is 1. The summed E-state index contributed by atoms with van der Waals surface area (Å²) in [6, 6.07) is 9.96. The van der Waals surface area contributed by atoms with Crippen molar-refractivity contribution in [2.75, 3.05) is 25.0 Å². The Balaban J connectivity index is 2.46. The van der Waals surface area contributed by atoms with Crippen LogP contribution in [0.1, 0.15) is 12.5 Å². The quantitative estimate of drug-likeness (QED) is 0.859. The lowest BCUT2D eigenvalue weighted by atomic mass is 10.1. The van der Waals surface area contributed by atoms with Crippen molar-refractivity contribution in [3.63, 3.8) is 0 Å². The average molecular weight is 272 g/mol. The molecule has 1 amide bonds. The van der Waals surface area contributed by atoms with Gasteiger partial charge < -0.3 is 16.0 Å². The zero-order valence-corrected chi connectivity index (χ0v) is 11.9. The lowest BCUT2D eigenvalue weighted by Gasteiger charge is -2.23. The van der Waals surface area contributed by atoms with E-state index in [0.29, 0.717) is 13.1 Å². The molecule has 2 rings (SSSR count). The zero-order chi connectivity index (χ0) is 14.5. The maximum atomic E-state index is 11.6. The number of carbonyl (C=O) groups excluding carboxylic acids is 1. The van der Waals surface area contributed by atoms with E-state index < -0.39 is 0 Å². The highest BCUT2D eigenvalue weighted by molar-refractivity contribution is 5.84. The van der Waals surface area contributed by atoms with Gasteiger partial charge in [0, 0.05) is 31.1 Å². The highest BCUT2D eigenvalue weighted by Gasteiger charge is 2.14. The van der Waals surface area contributed by atoms with Gasteiger partial charge in [-0.1, -0.05) is 18.2 Å². The lowest BCUT2D eigenvalue weighted by Crippen LogP contribution is -2.36. The van der Waals surface area contributed by atoms with E-state index in [-0.39, 0.29) is 12.5 Å². The minimum atomic E-state index is -0.0372. The molecule has 1 aromatic heterocycles. The number of hydrogen-bond acceptors (Lipinski definition) is 4. The van der Waals surface area contributed by atoms with Crippen LogP contribution >= 0.6 is 0 Å². The predicted octanol–water partition coefficient (Wildman–Crippen LogP) is 1.27. The first-order valence-electron chi connectivity index (χ1n) is 6.73. The largest absolute Gasteiger partial charge is 0.358 e. The number of benzene rings is 1. The molecule has 0 bridgehead atoms. The molecule has 0 radical (unpaired) electrons. The molecule has 3 N–H and O–H groups in total. The monoisotopic (exact) mass is 272 g/mol. The summed E-state index contributed by atoms with van der Waals surface area (Å²) in [5.74, 6) is 0.752. The number of hydrogen-bond donors (Lipinski definition) is 2. The van der Waals surface area contributed by atoms with Crippen molar-refractivity contribution in [1.29, 1.82) is 0 Å². The number of nitrogens with two attached hydrogens (primary N) is 1. The molecule has 0 atom stereocenters. The number of likely N-dealkylation sites (N-methyl/N-ethyl adjacent to an activating group) is 2. The predicted molar refractivity (Wildman–Crippen MR) is 81.6 cm³/mol. The minimum Gasteiger partial charge on any atom is -0.358 e. The first kappa shape index (κ1) is 14.3. The molecule has 0 aliphatic rings. The topological polar surface area (TPSA) is 71.2 Å². The molecule has 5 heteroatoms. The first-order valence-corrected chi connectivity index (χ1v) is 6.73. The van der Waals surface area contributed by atoms with Gasteiger partial charge in [0.1, 0.15) is 5.82 Å². The Kier molecular flexibility index (Phi) is 4.53. The van der Waals surface area contributed by atoms with Gasteiger partial charge in [-0.3, -0.25) is 4.79 Å². The van der Waals surface area contributed by atoms with Crippen LogP contribution < -0.4 is 16.0 Å². The van der Waals surface area contributed by atoms with E-state index in [1.54, 1.807) is 7.05 Å². The number of pyridine rings is 1. The summed E-state index contributed by atoms with van der Waals surface area (Å²) in [7, 11) is 1.63. The van der Waals surface area contributed by atoms with Crippen molar-refractivity contribution < 1.29 is 4.79 Å². The van der Waals surface area contributed by atoms with E-state index in [4.69, 9.17) is 5.73 Å². The standard InChI is InChI=1S/C15H20N4O/c1-3-19(10-14(20)17-2)15-12(9-16)8-11-6-4-5-7-13(11)18-15/h4-8H,3,9-10,16H2,1-2H3,(H,17,20). The van der Waals surface area contributed by atoms with Crippen LogP contribution in [-0.2, 0) is 11.3 Å². The van der Waals surface area contributed by atoms with Crippen LogP contribution in [0, 0.1) is 0 Å². The number of aromatic nitrogens is 1. The highest BCUT2D eigenvalue weighted by atomic mass is 16.1. The highest BCUT2D eigenvalue weighted by Crippen LogP contribution is 2.23. The Morgan fingerprint density at radius 2 is 2.15 bits per heavy atom. The molecule has 0 unspecified atom stereocenters. The minimum absolute atomic E-state index is 0.0372. The van der Waals surface area contributed by atoms with E-state index in [1.165, 1.54) is 0 Å². The normalized spacial score (nSPS) is 10.6. The lowest BCUT2D eigenvalue weighted by molar-refractivity contribution is -0.119. The molecule has 2 aromatic rings. The third kappa shape index (κ3) is 2.88. The summed E-state index contributed by atoms with van der Waals surface area (Å²) < 4.78 is 0. The maximum Gasteiger partial charge on any atom is 0.239 e. The summed E-state index contributed by atoms with van der Waals surface area (Å²) in [6.45, 7) is 3.38. The molecular formula is C15H20N4O. The Bertz CT molecular complexity index is 612. The van der Waals surface area contributed by atoms with Gasteiger partial charge in [-0.05, 0) is 19.1 Å². The SMILES string of the molecule is CCN(CC(=O)NC)c1nc2ccccc2cc1CN. The number of para-hydroxylation sites is 1. The number of nitrogens with zero attached hydrogens (tertiary/aromatic N) is 2. The average Bonchev–Trinajstić information content (AvgIpc) is 2.50. The van der Waals surface area contributed by atoms with E-state index in [1.807, 2.05) is 42.2 Å². The van der Waals surface area contributed by atoms with Crippen molar-refractivity contribution in [2.45, 2.75) is 13.5 Å². The van der Waals surface area contributed by atoms with Crippen LogP contribution in [0.25, 0.3) is 10.9 Å². The molecule has 5 nitrogen and oxygen atoms in total. The molecule has 0 spiro atoms. The fourth-order valence-corrected chi connectivity index (χ4v) is 2.16. The number of nitrogens with one attached hydrogen (secondary N) is 1. The Morgan fingerprint density at radius 1 is 1.40 bits per heavy atom. The van der Waals surface area contributed by atoms with E-state index >= 15 is 0 Å². The number of rotatable bonds is 5. The zero-order valence-electron chi connectivity index (χ0n) is 11.9. The van der Waals surface area contributed by atoms with Crippen LogP contribution in [0.5, 0.6) is 0 Å². The van der Waals surface area contributed by atoms with Gasteiger partial charge in [0.05, 0.1) is 12.1 Å². The van der Waals surface area contributed by atoms with Gasteiger partial charge in [-0.2, -0.15) is 0 Å².